The van der Waals surface area contributed by atoms with Crippen molar-refractivity contribution in [1.82, 2.24) is 20.3 Å². The number of imidazole rings is 1. The first-order valence-electron chi connectivity index (χ1n) is 7.13. The van der Waals surface area contributed by atoms with Crippen LogP contribution in [0.4, 0.5) is 0 Å². The summed E-state index contributed by atoms with van der Waals surface area (Å²) in [6, 6.07) is 11.4. The van der Waals surface area contributed by atoms with Crippen LogP contribution in [0.3, 0.4) is 0 Å². The molecule has 2 aromatic heterocycles. The minimum Gasteiger partial charge on any atom is -0.352 e. The van der Waals surface area contributed by atoms with E-state index >= 15 is 0 Å². The monoisotopic (exact) mass is 312 g/mol. The van der Waals surface area contributed by atoms with Crippen LogP contribution in [0.1, 0.15) is 22.6 Å². The van der Waals surface area contributed by atoms with E-state index in [-0.39, 0.29) is 5.91 Å². The van der Waals surface area contributed by atoms with Crippen LogP contribution in [-0.2, 0) is 6.42 Å². The molecule has 0 spiro atoms. The van der Waals surface area contributed by atoms with Gasteiger partial charge in [-0.25, -0.2) is 4.98 Å². The smallest absolute Gasteiger partial charge is 0.254 e. The van der Waals surface area contributed by atoms with Gasteiger partial charge in [0.05, 0.1) is 16.6 Å². The summed E-state index contributed by atoms with van der Waals surface area (Å²) >= 11 is 5.09. The fraction of sp³-hybridized carbons (Fsp3) is 0.188. The van der Waals surface area contributed by atoms with Gasteiger partial charge in [0, 0.05) is 19.2 Å². The molecule has 22 heavy (non-hydrogen) atoms. The van der Waals surface area contributed by atoms with E-state index in [0.29, 0.717) is 16.7 Å². The summed E-state index contributed by atoms with van der Waals surface area (Å²) < 4.78 is 0.456. The lowest BCUT2D eigenvalue weighted by molar-refractivity contribution is 0.0952. The van der Waals surface area contributed by atoms with E-state index in [0.717, 1.165) is 29.7 Å². The molecule has 1 aromatic carbocycles. The Morgan fingerprint density at radius 1 is 1.23 bits per heavy atom. The summed E-state index contributed by atoms with van der Waals surface area (Å²) in [6.45, 7) is 0.583. The van der Waals surface area contributed by atoms with Gasteiger partial charge in [-0.15, -0.1) is 0 Å². The lowest BCUT2D eigenvalue weighted by Crippen LogP contribution is -2.25. The van der Waals surface area contributed by atoms with E-state index in [1.54, 1.807) is 18.3 Å². The number of aromatic amines is 2. The Morgan fingerprint density at radius 2 is 2.09 bits per heavy atom. The number of hydrogen-bond acceptors (Lipinski definition) is 3. The number of carbonyl (C=O) groups is 1. The topological polar surface area (TPSA) is 73.6 Å². The average Bonchev–Trinajstić information content (AvgIpc) is 2.94. The molecule has 112 valence electrons. The Kier molecular flexibility index (Phi) is 4.29. The summed E-state index contributed by atoms with van der Waals surface area (Å²) in [7, 11) is 0. The van der Waals surface area contributed by atoms with Crippen molar-refractivity contribution < 1.29 is 4.79 Å². The molecule has 6 heteroatoms. The van der Waals surface area contributed by atoms with Gasteiger partial charge in [0.1, 0.15) is 10.5 Å². The molecule has 0 saturated heterocycles. The molecule has 2 heterocycles. The highest BCUT2D eigenvalue weighted by Gasteiger charge is 2.07. The summed E-state index contributed by atoms with van der Waals surface area (Å²) in [5.74, 6) is 0.791. The van der Waals surface area contributed by atoms with Gasteiger partial charge in [-0.2, -0.15) is 0 Å². The number of fused-ring (bicyclic) bond motifs is 1. The molecule has 3 aromatic rings. The molecular formula is C16H16N4OS. The van der Waals surface area contributed by atoms with Crippen LogP contribution in [0.2, 0.25) is 0 Å². The molecule has 0 bridgehead atoms. The third-order valence-electron chi connectivity index (χ3n) is 3.38. The number of H-pyrrole nitrogens is 2. The van der Waals surface area contributed by atoms with Crippen molar-refractivity contribution >= 4 is 29.2 Å². The highest BCUT2D eigenvalue weighted by Crippen LogP contribution is 2.11. The molecule has 3 rings (SSSR count). The zero-order valence-corrected chi connectivity index (χ0v) is 12.7. The summed E-state index contributed by atoms with van der Waals surface area (Å²) in [5.41, 5.74) is 2.51. The van der Waals surface area contributed by atoms with Gasteiger partial charge >= 0.3 is 0 Å². The Labute approximate surface area is 132 Å². The van der Waals surface area contributed by atoms with Crippen molar-refractivity contribution in [2.45, 2.75) is 12.8 Å². The predicted octanol–water partition coefficient (Wildman–Crippen LogP) is 2.98. The second-order valence-corrected chi connectivity index (χ2v) is 5.38. The minimum atomic E-state index is -0.147. The summed E-state index contributed by atoms with van der Waals surface area (Å²) in [6.07, 6.45) is 3.31. The maximum absolute atomic E-state index is 12.0. The molecule has 0 radical (unpaired) electrons. The first-order chi connectivity index (χ1) is 10.7. The Morgan fingerprint density at radius 3 is 2.91 bits per heavy atom. The van der Waals surface area contributed by atoms with Crippen LogP contribution in [0, 0.1) is 4.64 Å². The number of para-hydroxylation sites is 2. The van der Waals surface area contributed by atoms with Gasteiger partial charge in [-0.3, -0.25) is 4.79 Å². The van der Waals surface area contributed by atoms with E-state index in [9.17, 15) is 4.79 Å². The number of pyridine rings is 1. The zero-order chi connectivity index (χ0) is 15.4. The third-order valence-corrected chi connectivity index (χ3v) is 3.71. The molecular weight excluding hydrogens is 296 g/mol. The molecule has 0 saturated carbocycles. The van der Waals surface area contributed by atoms with E-state index in [2.05, 4.69) is 20.3 Å². The number of nitrogens with one attached hydrogen (secondary N) is 3. The molecule has 0 aliphatic heterocycles. The largest absolute Gasteiger partial charge is 0.352 e. The molecule has 5 nitrogen and oxygen atoms in total. The standard InChI is InChI=1S/C16H16N4OS/c21-15(11-5-3-10-18-16(11)22)17-9-4-8-14-19-12-6-1-2-7-13(12)20-14/h1-3,5-7,10H,4,8-9H2,(H,17,21)(H,18,22)(H,19,20). The molecule has 0 aliphatic rings. The van der Waals surface area contributed by atoms with Crippen molar-refractivity contribution in [2.24, 2.45) is 0 Å². The maximum atomic E-state index is 12.0. The van der Waals surface area contributed by atoms with Crippen LogP contribution in [0.25, 0.3) is 11.0 Å². The van der Waals surface area contributed by atoms with Gasteiger partial charge in [0.2, 0.25) is 0 Å². The number of hydrogen-bond donors (Lipinski definition) is 3. The number of aryl methyl sites for hydroxylation is 1. The fourth-order valence-electron chi connectivity index (χ4n) is 2.28. The Balaban J connectivity index is 1.52. The number of benzene rings is 1. The van der Waals surface area contributed by atoms with Crippen molar-refractivity contribution in [3.8, 4) is 0 Å². The lowest BCUT2D eigenvalue weighted by atomic mass is 10.2. The van der Waals surface area contributed by atoms with E-state index in [1.165, 1.54) is 0 Å². The Hall–Kier alpha value is -2.47. The van der Waals surface area contributed by atoms with Crippen LogP contribution >= 0.6 is 12.2 Å². The average molecular weight is 312 g/mol. The van der Waals surface area contributed by atoms with Gasteiger partial charge < -0.3 is 15.3 Å². The molecule has 1 amide bonds. The highest BCUT2D eigenvalue weighted by molar-refractivity contribution is 7.71. The number of amides is 1. The molecule has 0 atom stereocenters. The van der Waals surface area contributed by atoms with Gasteiger partial charge in [-0.05, 0) is 30.7 Å². The van der Waals surface area contributed by atoms with Crippen LogP contribution in [-0.4, -0.2) is 27.4 Å². The zero-order valence-electron chi connectivity index (χ0n) is 11.9. The van der Waals surface area contributed by atoms with Crippen molar-refractivity contribution in [3.63, 3.8) is 0 Å². The van der Waals surface area contributed by atoms with Crippen LogP contribution < -0.4 is 5.32 Å². The first-order valence-corrected chi connectivity index (χ1v) is 7.54. The number of carbonyl (C=O) groups excluding carboxylic acids is 1. The SMILES string of the molecule is O=C(NCCCc1nc2ccccc2[nH]1)c1ccc[nH]c1=S. The number of nitrogens with zero attached hydrogens (tertiary/aromatic N) is 1. The van der Waals surface area contributed by atoms with Crippen LogP contribution in [0.15, 0.2) is 42.6 Å². The van der Waals surface area contributed by atoms with E-state index < -0.39 is 0 Å². The first kappa shape index (κ1) is 14.5. The minimum absolute atomic E-state index is 0.147. The summed E-state index contributed by atoms with van der Waals surface area (Å²) in [5, 5.41) is 2.88. The molecule has 0 fully saturated rings. The van der Waals surface area contributed by atoms with Crippen molar-refractivity contribution in [3.05, 3.63) is 58.6 Å². The van der Waals surface area contributed by atoms with Crippen molar-refractivity contribution in [1.29, 1.82) is 0 Å². The normalized spacial score (nSPS) is 10.7. The van der Waals surface area contributed by atoms with Crippen LogP contribution in [0.5, 0.6) is 0 Å². The summed E-state index contributed by atoms with van der Waals surface area (Å²) in [4.78, 5) is 22.6. The second-order valence-electron chi connectivity index (χ2n) is 4.97. The Bertz CT molecular complexity index is 819. The molecule has 0 aliphatic carbocycles. The predicted molar refractivity (Wildman–Crippen MR) is 88.4 cm³/mol. The van der Waals surface area contributed by atoms with Gasteiger partial charge in [0.15, 0.2) is 0 Å². The van der Waals surface area contributed by atoms with E-state index in [1.807, 2.05) is 24.3 Å². The lowest BCUT2D eigenvalue weighted by Gasteiger charge is -2.04. The third kappa shape index (κ3) is 3.23. The maximum Gasteiger partial charge on any atom is 0.254 e. The van der Waals surface area contributed by atoms with Gasteiger partial charge in [0.25, 0.3) is 5.91 Å². The quantitative estimate of drug-likeness (QED) is 0.501. The second kappa shape index (κ2) is 6.53. The fourth-order valence-corrected chi connectivity index (χ4v) is 2.51. The number of rotatable bonds is 5. The molecule has 3 N–H and O–H groups in total. The van der Waals surface area contributed by atoms with Crippen molar-refractivity contribution in [2.75, 3.05) is 6.54 Å². The highest BCUT2D eigenvalue weighted by atomic mass is 32.1. The molecule has 0 unspecified atom stereocenters. The van der Waals surface area contributed by atoms with E-state index in [4.69, 9.17) is 12.2 Å². The number of aromatic nitrogens is 3. The van der Waals surface area contributed by atoms with Gasteiger partial charge in [-0.1, -0.05) is 24.4 Å².